The Kier molecular flexibility index (Phi) is 5.53. The van der Waals surface area contributed by atoms with Gasteiger partial charge in [0.2, 0.25) is 5.91 Å². The van der Waals surface area contributed by atoms with Gasteiger partial charge in [-0.2, -0.15) is 0 Å². The Labute approximate surface area is 119 Å². The number of hydrogen-bond acceptors (Lipinski definition) is 2. The van der Waals surface area contributed by atoms with Crippen molar-refractivity contribution in [3.8, 4) is 0 Å². The summed E-state index contributed by atoms with van der Waals surface area (Å²) in [5.41, 5.74) is 0.998. The van der Waals surface area contributed by atoms with Crippen molar-refractivity contribution >= 4 is 5.91 Å². The van der Waals surface area contributed by atoms with Gasteiger partial charge in [0, 0.05) is 19.1 Å². The first-order valence-corrected chi connectivity index (χ1v) is 7.34. The lowest BCUT2D eigenvalue weighted by molar-refractivity contribution is -0.126. The lowest BCUT2D eigenvalue weighted by Gasteiger charge is -2.28. The molecular formula is C16H22FNO2. The molecule has 0 radical (unpaired) electrons. The predicted octanol–water partition coefficient (Wildman–Crippen LogP) is 2.60. The molecule has 0 saturated heterocycles. The van der Waals surface area contributed by atoms with Crippen LogP contribution in [0.15, 0.2) is 24.3 Å². The zero-order valence-electron chi connectivity index (χ0n) is 11.6. The van der Waals surface area contributed by atoms with Crippen molar-refractivity contribution in [3.63, 3.8) is 0 Å². The smallest absolute Gasteiger partial charge is 0.223 e. The lowest BCUT2D eigenvalue weighted by Crippen LogP contribution is -2.34. The topological polar surface area (TPSA) is 49.3 Å². The lowest BCUT2D eigenvalue weighted by atomic mass is 9.77. The third-order valence-corrected chi connectivity index (χ3v) is 4.00. The molecule has 4 heteroatoms. The molecule has 110 valence electrons. The highest BCUT2D eigenvalue weighted by molar-refractivity contribution is 5.78. The first kappa shape index (κ1) is 15.0. The van der Waals surface area contributed by atoms with Crippen LogP contribution in [0.5, 0.6) is 0 Å². The molecule has 2 N–H and O–H groups in total. The highest BCUT2D eigenvalue weighted by Gasteiger charge is 2.27. The maximum atomic E-state index is 13.3. The molecule has 2 rings (SSSR count). The van der Waals surface area contributed by atoms with Gasteiger partial charge in [-0.15, -0.1) is 0 Å². The molecule has 0 bridgehead atoms. The number of benzene rings is 1. The summed E-state index contributed by atoms with van der Waals surface area (Å²) in [4.78, 5) is 12.0. The summed E-state index contributed by atoms with van der Waals surface area (Å²) < 4.78 is 13.3. The molecule has 2 atom stereocenters. The largest absolute Gasteiger partial charge is 0.396 e. The molecule has 0 heterocycles. The van der Waals surface area contributed by atoms with E-state index in [0.717, 1.165) is 31.2 Å². The SMILES string of the molecule is O=C(NCCCO)C1CCCC(c2cccc(F)c2)C1. The molecule has 0 spiro atoms. The Hall–Kier alpha value is -1.42. The normalized spacial score (nSPS) is 22.5. The first-order valence-electron chi connectivity index (χ1n) is 7.34. The van der Waals surface area contributed by atoms with E-state index in [0.29, 0.717) is 13.0 Å². The van der Waals surface area contributed by atoms with Gasteiger partial charge in [0.05, 0.1) is 0 Å². The Morgan fingerprint density at radius 2 is 2.25 bits per heavy atom. The molecule has 1 aromatic carbocycles. The van der Waals surface area contributed by atoms with E-state index in [2.05, 4.69) is 5.32 Å². The third-order valence-electron chi connectivity index (χ3n) is 4.00. The summed E-state index contributed by atoms with van der Waals surface area (Å²) in [5.74, 6) is 0.139. The van der Waals surface area contributed by atoms with Crippen LogP contribution in [-0.2, 0) is 4.79 Å². The van der Waals surface area contributed by atoms with Crippen LogP contribution in [0.4, 0.5) is 4.39 Å². The second-order valence-corrected chi connectivity index (χ2v) is 5.48. The molecule has 3 nitrogen and oxygen atoms in total. The molecule has 1 fully saturated rings. The molecule has 0 aromatic heterocycles. The van der Waals surface area contributed by atoms with Crippen LogP contribution < -0.4 is 5.32 Å². The number of aliphatic hydroxyl groups is 1. The highest BCUT2D eigenvalue weighted by Crippen LogP contribution is 2.36. The number of carbonyl (C=O) groups excluding carboxylic acids is 1. The molecule has 20 heavy (non-hydrogen) atoms. The van der Waals surface area contributed by atoms with Crippen LogP contribution in [0.25, 0.3) is 0 Å². The van der Waals surface area contributed by atoms with E-state index in [4.69, 9.17) is 5.11 Å². The van der Waals surface area contributed by atoms with Crippen molar-refractivity contribution in [2.24, 2.45) is 5.92 Å². The molecular weight excluding hydrogens is 257 g/mol. The minimum Gasteiger partial charge on any atom is -0.396 e. The van der Waals surface area contributed by atoms with Gasteiger partial charge < -0.3 is 10.4 Å². The molecule has 0 aliphatic heterocycles. The zero-order chi connectivity index (χ0) is 14.4. The maximum Gasteiger partial charge on any atom is 0.223 e. The van der Waals surface area contributed by atoms with Crippen LogP contribution in [0, 0.1) is 11.7 Å². The number of rotatable bonds is 5. The fourth-order valence-corrected chi connectivity index (χ4v) is 2.93. The Morgan fingerprint density at radius 3 is 3.00 bits per heavy atom. The highest BCUT2D eigenvalue weighted by atomic mass is 19.1. The molecule has 1 aromatic rings. The van der Waals surface area contributed by atoms with Gasteiger partial charge in [0.15, 0.2) is 0 Å². The van der Waals surface area contributed by atoms with Gasteiger partial charge in [-0.25, -0.2) is 4.39 Å². The van der Waals surface area contributed by atoms with Gasteiger partial charge in [0.25, 0.3) is 0 Å². The van der Waals surface area contributed by atoms with Crippen LogP contribution >= 0.6 is 0 Å². The van der Waals surface area contributed by atoms with E-state index < -0.39 is 0 Å². The van der Waals surface area contributed by atoms with Gasteiger partial charge in [-0.05, 0) is 49.3 Å². The monoisotopic (exact) mass is 279 g/mol. The summed E-state index contributed by atoms with van der Waals surface area (Å²) in [7, 11) is 0. The molecule has 1 aliphatic carbocycles. The fourth-order valence-electron chi connectivity index (χ4n) is 2.93. The van der Waals surface area contributed by atoms with E-state index in [1.54, 1.807) is 12.1 Å². The van der Waals surface area contributed by atoms with E-state index in [-0.39, 0.29) is 30.2 Å². The summed E-state index contributed by atoms with van der Waals surface area (Å²) in [6.07, 6.45) is 4.29. The van der Waals surface area contributed by atoms with Crippen molar-refractivity contribution in [1.29, 1.82) is 0 Å². The van der Waals surface area contributed by atoms with Gasteiger partial charge >= 0.3 is 0 Å². The van der Waals surface area contributed by atoms with Crippen LogP contribution in [0.1, 0.15) is 43.6 Å². The van der Waals surface area contributed by atoms with E-state index in [9.17, 15) is 9.18 Å². The van der Waals surface area contributed by atoms with Gasteiger partial charge in [-0.3, -0.25) is 4.79 Å². The van der Waals surface area contributed by atoms with Crippen molar-refractivity contribution in [3.05, 3.63) is 35.6 Å². The quantitative estimate of drug-likeness (QED) is 0.814. The van der Waals surface area contributed by atoms with Crippen LogP contribution in [-0.4, -0.2) is 24.2 Å². The maximum absolute atomic E-state index is 13.3. The number of carbonyl (C=O) groups is 1. The number of nitrogens with one attached hydrogen (secondary N) is 1. The van der Waals surface area contributed by atoms with Crippen molar-refractivity contribution in [2.45, 2.75) is 38.0 Å². The van der Waals surface area contributed by atoms with Crippen molar-refractivity contribution in [2.75, 3.05) is 13.2 Å². The summed E-state index contributed by atoms with van der Waals surface area (Å²) in [6, 6.07) is 6.71. The average Bonchev–Trinajstić information content (AvgIpc) is 2.47. The Morgan fingerprint density at radius 1 is 1.40 bits per heavy atom. The Bertz CT molecular complexity index is 450. The fraction of sp³-hybridized carbons (Fsp3) is 0.562. The first-order chi connectivity index (χ1) is 9.70. The van der Waals surface area contributed by atoms with E-state index in [1.807, 2.05) is 6.07 Å². The molecule has 1 aliphatic rings. The van der Waals surface area contributed by atoms with Gasteiger partial charge in [-0.1, -0.05) is 18.6 Å². The average molecular weight is 279 g/mol. The number of hydrogen-bond donors (Lipinski definition) is 2. The van der Waals surface area contributed by atoms with E-state index >= 15 is 0 Å². The summed E-state index contributed by atoms with van der Waals surface area (Å²) >= 11 is 0. The van der Waals surface area contributed by atoms with Crippen LogP contribution in [0.2, 0.25) is 0 Å². The van der Waals surface area contributed by atoms with Gasteiger partial charge in [0.1, 0.15) is 5.82 Å². The molecule has 2 unspecified atom stereocenters. The minimum absolute atomic E-state index is 0.00992. The second kappa shape index (κ2) is 7.39. The number of amides is 1. The number of halogens is 1. The second-order valence-electron chi connectivity index (χ2n) is 5.48. The molecule has 1 amide bonds. The zero-order valence-corrected chi connectivity index (χ0v) is 11.6. The predicted molar refractivity (Wildman–Crippen MR) is 75.8 cm³/mol. The van der Waals surface area contributed by atoms with Crippen molar-refractivity contribution in [1.82, 2.24) is 5.32 Å². The Balaban J connectivity index is 1.93. The van der Waals surface area contributed by atoms with E-state index in [1.165, 1.54) is 6.07 Å². The summed E-state index contributed by atoms with van der Waals surface area (Å²) in [6.45, 7) is 0.618. The van der Waals surface area contributed by atoms with Crippen LogP contribution in [0.3, 0.4) is 0 Å². The third kappa shape index (κ3) is 4.04. The number of aliphatic hydroxyl groups excluding tert-OH is 1. The minimum atomic E-state index is -0.211. The standard InChI is InChI=1S/C16H22FNO2/c17-15-7-2-5-13(11-15)12-4-1-6-14(10-12)16(20)18-8-3-9-19/h2,5,7,11-12,14,19H,1,3-4,6,8-10H2,(H,18,20). The summed E-state index contributed by atoms with van der Waals surface area (Å²) in [5, 5.41) is 11.6. The molecule has 1 saturated carbocycles. The van der Waals surface area contributed by atoms with Crippen molar-refractivity contribution < 1.29 is 14.3 Å².